The van der Waals surface area contributed by atoms with Gasteiger partial charge in [0, 0.05) is 16.7 Å². The number of nitrogens with zero attached hydrogens (tertiary/aromatic N) is 1. The molecule has 0 spiro atoms. The van der Waals surface area contributed by atoms with Crippen molar-refractivity contribution >= 4 is 11.6 Å². The average molecular weight is 374 g/mol. The lowest BCUT2D eigenvalue weighted by molar-refractivity contribution is -0.120. The van der Waals surface area contributed by atoms with Gasteiger partial charge in [0.05, 0.1) is 27.8 Å². The molecule has 0 radical (unpaired) electrons. The summed E-state index contributed by atoms with van der Waals surface area (Å²) in [6.07, 6.45) is 3.52. The molecular formula is C21H30N2O4. The monoisotopic (exact) mass is 374 g/mol. The van der Waals surface area contributed by atoms with Crippen molar-refractivity contribution in [1.29, 1.82) is 0 Å². The molecule has 0 heterocycles. The topological polar surface area (TPSA) is 69.2 Å². The molecular weight excluding hydrogens is 344 g/mol. The first kappa shape index (κ1) is 19.5. The minimum absolute atomic E-state index is 0.0754. The van der Waals surface area contributed by atoms with Crippen LogP contribution in [0.4, 0.5) is 0 Å². The number of hydrazone groups is 1. The molecule has 2 bridgehead atoms. The predicted octanol–water partition coefficient (Wildman–Crippen LogP) is 3.57. The zero-order valence-corrected chi connectivity index (χ0v) is 17.1. The summed E-state index contributed by atoms with van der Waals surface area (Å²) >= 11 is 0. The second kappa shape index (κ2) is 7.06. The molecule has 1 aromatic carbocycles. The van der Waals surface area contributed by atoms with E-state index in [2.05, 4.69) is 31.3 Å². The van der Waals surface area contributed by atoms with Crippen LogP contribution in [0.25, 0.3) is 0 Å². The Kier molecular flexibility index (Phi) is 5.10. The minimum Gasteiger partial charge on any atom is -0.493 e. The summed E-state index contributed by atoms with van der Waals surface area (Å²) in [5, 5.41) is 4.52. The molecule has 2 saturated carbocycles. The molecule has 27 heavy (non-hydrogen) atoms. The summed E-state index contributed by atoms with van der Waals surface area (Å²) in [5.74, 6) is 2.05. The number of carbonyl (C=O) groups excluding carboxylic acids is 1. The molecule has 2 aliphatic rings. The number of fused-ring (bicyclic) bond motifs is 2. The van der Waals surface area contributed by atoms with E-state index in [9.17, 15) is 4.79 Å². The van der Waals surface area contributed by atoms with Crippen LogP contribution in [0.2, 0.25) is 0 Å². The van der Waals surface area contributed by atoms with Crippen molar-refractivity contribution < 1.29 is 19.0 Å². The van der Waals surface area contributed by atoms with Crippen molar-refractivity contribution in [2.75, 3.05) is 21.3 Å². The largest absolute Gasteiger partial charge is 0.493 e. The van der Waals surface area contributed by atoms with Gasteiger partial charge < -0.3 is 14.2 Å². The van der Waals surface area contributed by atoms with Gasteiger partial charge in [-0.2, -0.15) is 5.10 Å². The van der Waals surface area contributed by atoms with E-state index in [0.29, 0.717) is 23.2 Å². The van der Waals surface area contributed by atoms with E-state index in [1.54, 1.807) is 27.4 Å². The molecule has 6 nitrogen and oxygen atoms in total. The number of amides is 1. The summed E-state index contributed by atoms with van der Waals surface area (Å²) in [6.45, 7) is 6.93. The van der Waals surface area contributed by atoms with Crippen LogP contribution in [0, 0.1) is 16.7 Å². The summed E-state index contributed by atoms with van der Waals surface area (Å²) < 4.78 is 16.1. The smallest absolute Gasteiger partial charge is 0.244 e. The van der Waals surface area contributed by atoms with E-state index in [1.165, 1.54) is 6.42 Å². The fourth-order valence-corrected chi connectivity index (χ4v) is 4.74. The number of nitrogens with one attached hydrogen (secondary N) is 1. The van der Waals surface area contributed by atoms with E-state index in [-0.39, 0.29) is 23.2 Å². The second-order valence-corrected chi connectivity index (χ2v) is 8.26. The van der Waals surface area contributed by atoms with Gasteiger partial charge in [-0.15, -0.1) is 0 Å². The number of hydrogen-bond donors (Lipinski definition) is 1. The Morgan fingerprint density at radius 1 is 1.15 bits per heavy atom. The van der Waals surface area contributed by atoms with Gasteiger partial charge in [0.25, 0.3) is 0 Å². The van der Waals surface area contributed by atoms with E-state index in [0.717, 1.165) is 24.1 Å². The highest BCUT2D eigenvalue weighted by Crippen LogP contribution is 2.63. The highest BCUT2D eigenvalue weighted by atomic mass is 16.5. The maximum atomic E-state index is 12.5. The molecule has 6 heteroatoms. The van der Waals surface area contributed by atoms with Gasteiger partial charge in [-0.3, -0.25) is 4.79 Å². The highest BCUT2D eigenvalue weighted by Gasteiger charge is 2.60. The van der Waals surface area contributed by atoms with E-state index < -0.39 is 0 Å². The molecule has 1 N–H and O–H groups in total. The molecule has 0 aliphatic heterocycles. The van der Waals surface area contributed by atoms with Crippen LogP contribution >= 0.6 is 0 Å². The summed E-state index contributed by atoms with van der Waals surface area (Å²) in [4.78, 5) is 12.5. The van der Waals surface area contributed by atoms with Crippen molar-refractivity contribution in [3.05, 3.63) is 17.7 Å². The summed E-state index contributed by atoms with van der Waals surface area (Å²) in [7, 11) is 4.67. The Labute approximate surface area is 161 Å². The number of hydrogen-bond acceptors (Lipinski definition) is 5. The predicted molar refractivity (Wildman–Crippen MR) is 105 cm³/mol. The third kappa shape index (κ3) is 3.05. The van der Waals surface area contributed by atoms with Gasteiger partial charge in [-0.1, -0.05) is 26.8 Å². The molecule has 2 fully saturated rings. The van der Waals surface area contributed by atoms with Crippen molar-refractivity contribution in [2.45, 2.75) is 46.5 Å². The molecule has 0 unspecified atom stereocenters. The van der Waals surface area contributed by atoms with E-state index >= 15 is 0 Å². The molecule has 1 amide bonds. The zero-order chi connectivity index (χ0) is 19.8. The maximum Gasteiger partial charge on any atom is 0.244 e. The van der Waals surface area contributed by atoms with Crippen molar-refractivity contribution in [3.8, 4) is 17.2 Å². The van der Waals surface area contributed by atoms with Crippen molar-refractivity contribution in [1.82, 2.24) is 5.43 Å². The Bertz CT molecular complexity index is 772. The first-order valence-corrected chi connectivity index (χ1v) is 9.42. The Morgan fingerprint density at radius 2 is 1.85 bits per heavy atom. The van der Waals surface area contributed by atoms with E-state index in [1.807, 2.05) is 6.07 Å². The van der Waals surface area contributed by atoms with Crippen LogP contribution in [0.5, 0.6) is 17.2 Å². The normalized spacial score (nSPS) is 26.9. The van der Waals surface area contributed by atoms with Crippen LogP contribution < -0.4 is 19.6 Å². The highest BCUT2D eigenvalue weighted by molar-refractivity contribution is 5.95. The third-order valence-electron chi connectivity index (χ3n) is 6.96. The molecule has 0 saturated heterocycles. The Hall–Kier alpha value is -2.24. The van der Waals surface area contributed by atoms with Crippen molar-refractivity contribution in [2.24, 2.45) is 21.8 Å². The van der Waals surface area contributed by atoms with Crippen LogP contribution in [0.3, 0.4) is 0 Å². The number of methoxy groups -OCH3 is 3. The van der Waals surface area contributed by atoms with Gasteiger partial charge >= 0.3 is 0 Å². The van der Waals surface area contributed by atoms with Crippen LogP contribution in [-0.2, 0) is 11.2 Å². The zero-order valence-electron chi connectivity index (χ0n) is 17.1. The Morgan fingerprint density at radius 3 is 2.37 bits per heavy atom. The van der Waals surface area contributed by atoms with Gasteiger partial charge in [-0.25, -0.2) is 5.43 Å². The summed E-state index contributed by atoms with van der Waals surface area (Å²) in [6, 6.07) is 3.59. The lowest BCUT2D eigenvalue weighted by atomic mass is 9.70. The molecule has 148 valence electrons. The Balaban J connectivity index is 1.74. The van der Waals surface area contributed by atoms with Crippen molar-refractivity contribution in [3.63, 3.8) is 0 Å². The molecule has 1 aromatic rings. The summed E-state index contributed by atoms with van der Waals surface area (Å²) in [5.41, 5.74) is 4.92. The maximum absolute atomic E-state index is 12.5. The van der Waals surface area contributed by atoms with E-state index in [4.69, 9.17) is 14.2 Å². The molecule has 0 aromatic heterocycles. The number of benzene rings is 1. The fourth-order valence-electron chi connectivity index (χ4n) is 4.74. The number of rotatable bonds is 6. The third-order valence-corrected chi connectivity index (χ3v) is 6.96. The quantitative estimate of drug-likeness (QED) is 0.773. The average Bonchev–Trinajstić information content (AvgIpc) is 2.99. The lowest BCUT2D eigenvalue weighted by Gasteiger charge is -2.34. The SMILES string of the molecule is COc1ccc(CC(=O)N/N=C2/C[C@@H]3CC[C@@]2(C)C3(C)C)c(OC)c1OC. The number of carbonyl (C=O) groups is 1. The standard InChI is InChI=1S/C21H30N2O4/c1-20(2)14-9-10-21(20,3)16(12-14)22-23-17(24)11-13-7-8-15(25-4)19(27-6)18(13)26-5/h7-8,14H,9-12H2,1-6H3,(H,23,24)/b22-16-/t14-,21+/m0/s1. The first-order valence-electron chi connectivity index (χ1n) is 9.42. The van der Waals surface area contributed by atoms with Gasteiger partial charge in [0.2, 0.25) is 11.7 Å². The van der Waals surface area contributed by atoms with Gasteiger partial charge in [-0.05, 0) is 36.7 Å². The number of ether oxygens (including phenoxy) is 3. The first-order chi connectivity index (χ1) is 12.8. The lowest BCUT2D eigenvalue weighted by Crippen LogP contribution is -2.34. The van der Waals surface area contributed by atoms with Crippen LogP contribution in [0.15, 0.2) is 17.2 Å². The second-order valence-electron chi connectivity index (χ2n) is 8.26. The van der Waals surface area contributed by atoms with Crippen LogP contribution in [0.1, 0.15) is 45.6 Å². The van der Waals surface area contributed by atoms with Crippen LogP contribution in [-0.4, -0.2) is 32.9 Å². The molecule has 3 rings (SSSR count). The van der Waals surface area contributed by atoms with Gasteiger partial charge in [0.1, 0.15) is 0 Å². The fraction of sp³-hybridized carbons (Fsp3) is 0.619. The minimum atomic E-state index is -0.169. The molecule has 2 atom stereocenters. The van der Waals surface area contributed by atoms with Gasteiger partial charge in [0.15, 0.2) is 11.5 Å². The molecule has 2 aliphatic carbocycles.